The van der Waals surface area contributed by atoms with E-state index in [0.29, 0.717) is 11.8 Å². The van der Waals surface area contributed by atoms with Crippen molar-refractivity contribution in [1.29, 1.82) is 0 Å². The third-order valence-electron chi connectivity index (χ3n) is 4.13. The maximum absolute atomic E-state index is 11.4. The molecule has 8 atom stereocenters. The Bertz CT molecular complexity index is 295. The summed E-state index contributed by atoms with van der Waals surface area (Å²) in [4.78, 5) is 0. The van der Waals surface area contributed by atoms with Gasteiger partial charge in [0.15, 0.2) is 11.1 Å². The summed E-state index contributed by atoms with van der Waals surface area (Å²) in [5, 5.41) is 0.323. The second-order valence-electron chi connectivity index (χ2n) is 4.45. The average Bonchev–Trinajstić information content (AvgIpc) is 2.56. The zero-order chi connectivity index (χ0) is 8.03. The Morgan fingerprint density at radius 2 is 2.08 bits per heavy atom. The summed E-state index contributed by atoms with van der Waals surface area (Å²) in [6.45, 7) is 0. The quantitative estimate of drug-likeness (QED) is 0.549. The predicted octanol–water partition coefficient (Wildman–Crippen LogP) is 0.921. The van der Waals surface area contributed by atoms with Crippen molar-refractivity contribution < 1.29 is 8.39 Å². The van der Waals surface area contributed by atoms with E-state index in [1.165, 1.54) is 6.42 Å². The Labute approximate surface area is 78.3 Å². The Kier molecular flexibility index (Phi) is 1.00. The van der Waals surface area contributed by atoms with Crippen LogP contribution in [0, 0.1) is 23.7 Å². The van der Waals surface area contributed by atoms with Crippen LogP contribution in [0.1, 0.15) is 6.42 Å². The van der Waals surface area contributed by atoms with E-state index in [1.54, 1.807) is 0 Å². The van der Waals surface area contributed by atoms with Gasteiger partial charge in [-0.05, 0) is 18.3 Å². The van der Waals surface area contributed by atoms with Gasteiger partial charge >= 0.3 is 0 Å². The number of fused-ring (bicyclic) bond motifs is 2. The van der Waals surface area contributed by atoms with E-state index in [-0.39, 0.29) is 16.7 Å². The van der Waals surface area contributed by atoms with Crippen molar-refractivity contribution in [3.63, 3.8) is 0 Å². The van der Waals surface area contributed by atoms with E-state index in [0.717, 1.165) is 11.8 Å². The molecule has 4 aliphatic rings. The number of rotatable bonds is 0. The van der Waals surface area contributed by atoms with E-state index < -0.39 is 11.1 Å². The molecule has 4 rings (SSSR count). The molecule has 0 spiro atoms. The molecule has 1 saturated heterocycles. The van der Waals surface area contributed by atoms with Crippen LogP contribution in [0.2, 0.25) is 0 Å². The number of hydrogen-bond acceptors (Lipinski definition) is 2. The Hall–Kier alpha value is 0.400. The lowest BCUT2D eigenvalue weighted by Gasteiger charge is -2.25. The molecular weight excluding hydrogens is 196 g/mol. The fraction of sp³-hybridized carbons (Fsp3) is 1.00. The van der Waals surface area contributed by atoms with Gasteiger partial charge < -0.3 is 0 Å². The summed E-state index contributed by atoms with van der Waals surface area (Å²) in [7, 11) is 0. The molecule has 8 unspecified atom stereocenters. The summed E-state index contributed by atoms with van der Waals surface area (Å²) in [5.41, 5.74) is 0. The topological polar surface area (TPSA) is 26.3 Å². The zero-order valence-electron chi connectivity index (χ0n) is 6.35. The minimum atomic E-state index is -1.07. The van der Waals surface area contributed by atoms with Crippen molar-refractivity contribution in [3.8, 4) is 0 Å². The average molecular weight is 205 g/mol. The summed E-state index contributed by atoms with van der Waals surface area (Å²) in [6, 6.07) is 0. The van der Waals surface area contributed by atoms with E-state index in [9.17, 15) is 4.21 Å². The van der Waals surface area contributed by atoms with Crippen molar-refractivity contribution in [2.75, 3.05) is 0 Å². The predicted molar refractivity (Wildman–Crippen MR) is 45.0 cm³/mol. The van der Waals surface area contributed by atoms with Gasteiger partial charge in [0, 0.05) is 11.8 Å². The highest BCUT2D eigenvalue weighted by atomic mass is 35.5. The van der Waals surface area contributed by atoms with Gasteiger partial charge in [-0.15, -0.1) is 11.6 Å². The Balaban J connectivity index is 1.88. The molecule has 4 bridgehead atoms. The molecule has 0 aromatic carbocycles. The molecule has 66 valence electrons. The first-order valence-corrected chi connectivity index (χ1v) is 6.08. The van der Waals surface area contributed by atoms with Gasteiger partial charge in [0.1, 0.15) is 0 Å². The highest BCUT2D eigenvalue weighted by molar-refractivity contribution is 7.81. The molecule has 2 nitrogen and oxygen atoms in total. The SMILES string of the molecule is O=S1OC2C3C(Cl)C1C2C1CC13. The number of alkyl halides is 1. The smallest absolute Gasteiger partial charge is 0.160 e. The van der Waals surface area contributed by atoms with Crippen LogP contribution in [-0.2, 0) is 15.3 Å². The first kappa shape index (κ1) is 6.80. The fourth-order valence-electron chi connectivity index (χ4n) is 3.68. The minimum absolute atomic E-state index is 0.151. The maximum Gasteiger partial charge on any atom is 0.160 e. The van der Waals surface area contributed by atoms with Crippen LogP contribution in [0.4, 0.5) is 0 Å². The highest BCUT2D eigenvalue weighted by Gasteiger charge is 2.75. The van der Waals surface area contributed by atoms with E-state index >= 15 is 0 Å². The van der Waals surface area contributed by atoms with Gasteiger partial charge in [-0.25, -0.2) is 4.21 Å². The van der Waals surface area contributed by atoms with Crippen LogP contribution in [0.15, 0.2) is 0 Å². The molecule has 4 fully saturated rings. The second-order valence-corrected chi connectivity index (χ2v) is 6.21. The van der Waals surface area contributed by atoms with Crippen LogP contribution >= 0.6 is 11.6 Å². The summed E-state index contributed by atoms with van der Waals surface area (Å²) in [6.07, 6.45) is 1.59. The van der Waals surface area contributed by atoms with Gasteiger partial charge in [-0.1, -0.05) is 0 Å². The molecule has 0 N–H and O–H groups in total. The highest BCUT2D eigenvalue weighted by Crippen LogP contribution is 2.71. The van der Waals surface area contributed by atoms with Gasteiger partial charge in [0.25, 0.3) is 0 Å². The molecule has 4 heteroatoms. The van der Waals surface area contributed by atoms with Crippen LogP contribution in [0.3, 0.4) is 0 Å². The lowest BCUT2D eigenvalue weighted by atomic mass is 10.00. The number of halogens is 1. The monoisotopic (exact) mass is 204 g/mol. The van der Waals surface area contributed by atoms with Gasteiger partial charge in [0.2, 0.25) is 0 Å². The zero-order valence-corrected chi connectivity index (χ0v) is 7.92. The van der Waals surface area contributed by atoms with Gasteiger partial charge in [-0.2, -0.15) is 0 Å². The lowest BCUT2D eigenvalue weighted by molar-refractivity contribution is 0.170. The summed E-state index contributed by atoms with van der Waals surface area (Å²) < 4.78 is 16.8. The third kappa shape index (κ3) is 0.511. The normalized spacial score (nSPS) is 76.4. The Morgan fingerprint density at radius 3 is 2.83 bits per heavy atom. The van der Waals surface area contributed by atoms with Crippen molar-refractivity contribution in [1.82, 2.24) is 0 Å². The third-order valence-corrected chi connectivity index (χ3v) is 6.30. The molecule has 1 aliphatic heterocycles. The first-order valence-electron chi connectivity index (χ1n) is 4.51. The molecule has 0 aromatic heterocycles. The van der Waals surface area contributed by atoms with Crippen molar-refractivity contribution >= 4 is 22.7 Å². The first-order chi connectivity index (χ1) is 5.79. The standard InChI is InChI=1S/C8H9ClO2S/c9-6-4-2-1-3(2)5-7(4)11-12(10)8(5)6/h2-8H,1H2. The van der Waals surface area contributed by atoms with E-state index in [2.05, 4.69) is 0 Å². The van der Waals surface area contributed by atoms with Crippen molar-refractivity contribution in [3.05, 3.63) is 0 Å². The molecule has 0 radical (unpaired) electrons. The van der Waals surface area contributed by atoms with Gasteiger partial charge in [0.05, 0.1) is 16.7 Å². The largest absolute Gasteiger partial charge is 0.286 e. The van der Waals surface area contributed by atoms with Crippen LogP contribution < -0.4 is 0 Å². The van der Waals surface area contributed by atoms with Crippen molar-refractivity contribution in [2.24, 2.45) is 23.7 Å². The molecular formula is C8H9ClO2S. The summed E-state index contributed by atoms with van der Waals surface area (Å²) >= 11 is 5.18. The molecule has 0 amide bonds. The van der Waals surface area contributed by atoms with Crippen molar-refractivity contribution in [2.45, 2.75) is 23.2 Å². The van der Waals surface area contributed by atoms with E-state index in [4.69, 9.17) is 15.8 Å². The minimum Gasteiger partial charge on any atom is -0.286 e. The van der Waals surface area contributed by atoms with E-state index in [1.807, 2.05) is 0 Å². The molecule has 12 heavy (non-hydrogen) atoms. The Morgan fingerprint density at radius 1 is 1.33 bits per heavy atom. The lowest BCUT2D eigenvalue weighted by Crippen LogP contribution is -2.35. The van der Waals surface area contributed by atoms with Crippen LogP contribution in [-0.4, -0.2) is 20.9 Å². The molecule has 3 saturated carbocycles. The second kappa shape index (κ2) is 1.77. The van der Waals surface area contributed by atoms with Crippen LogP contribution in [0.25, 0.3) is 0 Å². The van der Waals surface area contributed by atoms with Crippen LogP contribution in [0.5, 0.6) is 0 Å². The molecule has 0 aromatic rings. The number of hydrogen-bond donors (Lipinski definition) is 0. The fourth-order valence-corrected chi connectivity index (χ4v) is 6.04. The molecule has 1 heterocycles. The van der Waals surface area contributed by atoms with Gasteiger partial charge in [-0.3, -0.25) is 4.18 Å². The molecule has 3 aliphatic carbocycles. The summed E-state index contributed by atoms with van der Waals surface area (Å²) in [5.74, 6) is 2.76. The maximum atomic E-state index is 11.4.